The third kappa shape index (κ3) is 3.29. The predicted molar refractivity (Wildman–Crippen MR) is 103 cm³/mol. The Hall–Kier alpha value is -2.50. The van der Waals surface area contributed by atoms with E-state index >= 15 is 0 Å². The lowest BCUT2D eigenvalue weighted by atomic mass is 9.82. The Morgan fingerprint density at radius 2 is 1.70 bits per heavy atom. The van der Waals surface area contributed by atoms with Crippen molar-refractivity contribution < 1.29 is 14.3 Å². The number of carbonyl (C=O) groups excluding carboxylic acids is 1. The van der Waals surface area contributed by atoms with Crippen LogP contribution in [0.5, 0.6) is 11.5 Å². The normalized spacial score (nSPS) is 21.8. The Morgan fingerprint density at radius 1 is 1.04 bits per heavy atom. The third-order valence-corrected chi connectivity index (χ3v) is 6.04. The highest BCUT2D eigenvalue weighted by molar-refractivity contribution is 5.93. The smallest absolute Gasteiger partial charge is 0.274 e. The van der Waals surface area contributed by atoms with Gasteiger partial charge < -0.3 is 14.4 Å². The maximum Gasteiger partial charge on any atom is 0.274 e. The average Bonchev–Trinajstić information content (AvgIpc) is 3.30. The second-order valence-corrected chi connectivity index (χ2v) is 7.62. The van der Waals surface area contributed by atoms with Crippen LogP contribution in [0, 0.1) is 11.8 Å². The summed E-state index contributed by atoms with van der Waals surface area (Å²) in [4.78, 5) is 15.0. The van der Waals surface area contributed by atoms with E-state index < -0.39 is 0 Å². The molecule has 1 saturated carbocycles. The van der Waals surface area contributed by atoms with Gasteiger partial charge in [-0.1, -0.05) is 12.8 Å². The Morgan fingerprint density at radius 3 is 2.33 bits per heavy atom. The van der Waals surface area contributed by atoms with Crippen molar-refractivity contribution >= 4 is 5.91 Å². The Labute approximate surface area is 160 Å². The van der Waals surface area contributed by atoms with Crippen LogP contribution >= 0.6 is 0 Å². The molecule has 6 nitrogen and oxygen atoms in total. The molecule has 2 fully saturated rings. The van der Waals surface area contributed by atoms with Gasteiger partial charge in [-0.2, -0.15) is 5.10 Å². The van der Waals surface area contributed by atoms with Crippen molar-refractivity contribution in [3.63, 3.8) is 0 Å². The SMILES string of the molecule is COc1ccc(-c2cc(C(=O)N3C[C@H]4CCCC[C@H]4C3)nn2C)cc1OC. The first-order valence-electron chi connectivity index (χ1n) is 9.66. The summed E-state index contributed by atoms with van der Waals surface area (Å²) in [6.45, 7) is 1.76. The lowest BCUT2D eigenvalue weighted by molar-refractivity contribution is 0.0777. The van der Waals surface area contributed by atoms with Crippen LogP contribution in [-0.4, -0.2) is 47.9 Å². The number of rotatable bonds is 4. The van der Waals surface area contributed by atoms with Crippen LogP contribution in [0.1, 0.15) is 36.2 Å². The highest BCUT2D eigenvalue weighted by Gasteiger charge is 2.37. The van der Waals surface area contributed by atoms with Gasteiger partial charge in [-0.25, -0.2) is 0 Å². The van der Waals surface area contributed by atoms with Gasteiger partial charge in [0.25, 0.3) is 5.91 Å². The predicted octanol–water partition coefficient (Wildman–Crippen LogP) is 3.37. The monoisotopic (exact) mass is 369 g/mol. The number of hydrogen-bond acceptors (Lipinski definition) is 4. The molecule has 1 aromatic heterocycles. The molecular weight excluding hydrogens is 342 g/mol. The number of amides is 1. The Bertz CT molecular complexity index is 831. The molecule has 2 heterocycles. The molecule has 0 unspecified atom stereocenters. The summed E-state index contributed by atoms with van der Waals surface area (Å²) in [5.74, 6) is 2.74. The molecular formula is C21H27N3O3. The summed E-state index contributed by atoms with van der Waals surface area (Å²) in [7, 11) is 5.10. The first-order valence-corrected chi connectivity index (χ1v) is 9.66. The fraction of sp³-hybridized carbons (Fsp3) is 0.524. The summed E-state index contributed by atoms with van der Waals surface area (Å²) in [5.41, 5.74) is 2.34. The van der Waals surface area contributed by atoms with Crippen LogP contribution in [0.25, 0.3) is 11.3 Å². The zero-order valence-electron chi connectivity index (χ0n) is 16.3. The number of aromatic nitrogens is 2. The molecule has 0 radical (unpaired) electrons. The van der Waals surface area contributed by atoms with Crippen LogP contribution in [0.2, 0.25) is 0 Å². The van der Waals surface area contributed by atoms with Gasteiger partial charge in [0.15, 0.2) is 17.2 Å². The van der Waals surface area contributed by atoms with Crippen LogP contribution in [0.15, 0.2) is 24.3 Å². The maximum atomic E-state index is 13.0. The van der Waals surface area contributed by atoms with Crippen LogP contribution in [0.3, 0.4) is 0 Å². The fourth-order valence-corrected chi connectivity index (χ4v) is 4.57. The number of aryl methyl sites for hydroxylation is 1. The van der Waals surface area contributed by atoms with E-state index in [-0.39, 0.29) is 5.91 Å². The molecule has 2 atom stereocenters. The average molecular weight is 369 g/mol. The van der Waals surface area contributed by atoms with Crippen molar-refractivity contribution in [2.75, 3.05) is 27.3 Å². The van der Waals surface area contributed by atoms with E-state index in [4.69, 9.17) is 9.47 Å². The van der Waals surface area contributed by atoms with Crippen molar-refractivity contribution in [1.82, 2.24) is 14.7 Å². The van der Waals surface area contributed by atoms with E-state index in [1.54, 1.807) is 18.9 Å². The van der Waals surface area contributed by atoms with Crippen molar-refractivity contribution in [2.45, 2.75) is 25.7 Å². The second kappa shape index (κ2) is 7.25. The van der Waals surface area contributed by atoms with Crippen molar-refractivity contribution in [1.29, 1.82) is 0 Å². The number of ether oxygens (including phenoxy) is 2. The van der Waals surface area contributed by atoms with Crippen LogP contribution in [0.4, 0.5) is 0 Å². The molecule has 0 bridgehead atoms. The van der Waals surface area contributed by atoms with Gasteiger partial charge in [-0.15, -0.1) is 0 Å². The van der Waals surface area contributed by atoms with E-state index in [0.717, 1.165) is 24.3 Å². The lowest BCUT2D eigenvalue weighted by Crippen LogP contribution is -2.29. The molecule has 4 rings (SSSR count). The molecule has 2 aliphatic rings. The van der Waals surface area contributed by atoms with Crippen molar-refractivity contribution in [3.8, 4) is 22.8 Å². The van der Waals surface area contributed by atoms with E-state index in [9.17, 15) is 4.79 Å². The van der Waals surface area contributed by atoms with Crippen LogP contribution in [-0.2, 0) is 7.05 Å². The molecule has 0 spiro atoms. The third-order valence-electron chi connectivity index (χ3n) is 6.04. The quantitative estimate of drug-likeness (QED) is 0.829. The molecule has 1 amide bonds. The summed E-state index contributed by atoms with van der Waals surface area (Å²) >= 11 is 0. The maximum absolute atomic E-state index is 13.0. The molecule has 27 heavy (non-hydrogen) atoms. The first-order chi connectivity index (χ1) is 13.1. The molecule has 144 valence electrons. The highest BCUT2D eigenvalue weighted by atomic mass is 16.5. The Balaban J connectivity index is 1.57. The Kier molecular flexibility index (Phi) is 4.81. The number of benzene rings is 1. The molecule has 1 aliphatic heterocycles. The molecule has 6 heteroatoms. The largest absolute Gasteiger partial charge is 0.493 e. The van der Waals surface area contributed by atoms with Crippen molar-refractivity contribution in [2.24, 2.45) is 18.9 Å². The molecule has 0 N–H and O–H groups in total. The van der Waals surface area contributed by atoms with Crippen LogP contribution < -0.4 is 9.47 Å². The topological polar surface area (TPSA) is 56.6 Å². The zero-order chi connectivity index (χ0) is 19.0. The van der Waals surface area contributed by atoms with Gasteiger partial charge in [0, 0.05) is 25.7 Å². The number of methoxy groups -OCH3 is 2. The highest BCUT2D eigenvalue weighted by Crippen LogP contribution is 2.37. The summed E-state index contributed by atoms with van der Waals surface area (Å²) in [6, 6.07) is 7.62. The van der Waals surface area contributed by atoms with Gasteiger partial charge in [0.05, 0.1) is 19.9 Å². The standard InChI is InChI=1S/C21H27N3O3/c1-23-18(14-8-9-19(26-2)20(10-14)27-3)11-17(22-23)21(25)24-12-15-6-4-5-7-16(15)13-24/h8-11,15-16H,4-7,12-13H2,1-3H3/t15-,16+. The van der Waals surface area contributed by atoms with Gasteiger partial charge >= 0.3 is 0 Å². The van der Waals surface area contributed by atoms with Gasteiger partial charge in [0.2, 0.25) is 0 Å². The number of carbonyl (C=O) groups is 1. The second-order valence-electron chi connectivity index (χ2n) is 7.62. The minimum Gasteiger partial charge on any atom is -0.493 e. The van der Waals surface area contributed by atoms with E-state index in [1.165, 1.54) is 25.7 Å². The number of nitrogens with zero attached hydrogens (tertiary/aromatic N) is 3. The number of likely N-dealkylation sites (tertiary alicyclic amines) is 1. The molecule has 2 aromatic rings. The van der Waals surface area contributed by atoms with E-state index in [1.807, 2.05) is 36.2 Å². The summed E-state index contributed by atoms with van der Waals surface area (Å²) in [5, 5.41) is 4.50. The molecule has 1 aromatic carbocycles. The minimum atomic E-state index is 0.0479. The van der Waals surface area contributed by atoms with E-state index in [2.05, 4.69) is 5.10 Å². The minimum absolute atomic E-state index is 0.0479. The summed E-state index contributed by atoms with van der Waals surface area (Å²) in [6.07, 6.45) is 5.12. The van der Waals surface area contributed by atoms with Gasteiger partial charge in [0.1, 0.15) is 0 Å². The van der Waals surface area contributed by atoms with Gasteiger partial charge in [-0.05, 0) is 48.9 Å². The number of hydrogen-bond donors (Lipinski definition) is 0. The van der Waals surface area contributed by atoms with Gasteiger partial charge in [-0.3, -0.25) is 9.48 Å². The molecule has 1 aliphatic carbocycles. The first kappa shape index (κ1) is 17.9. The number of fused-ring (bicyclic) bond motifs is 1. The molecule has 1 saturated heterocycles. The lowest BCUT2D eigenvalue weighted by Gasteiger charge is -2.22. The summed E-state index contributed by atoms with van der Waals surface area (Å²) < 4.78 is 12.5. The van der Waals surface area contributed by atoms with Crippen molar-refractivity contribution in [3.05, 3.63) is 30.0 Å². The van der Waals surface area contributed by atoms with E-state index in [0.29, 0.717) is 29.0 Å². The zero-order valence-corrected chi connectivity index (χ0v) is 16.3. The fourth-order valence-electron chi connectivity index (χ4n) is 4.57.